The standard InChI is InChI=1S/C31H35ClN2O5/c1-16-10-21(35)20-15-34(19-12-17(29(2,3)4)11-18(13-19)30(5,6)7)33-27(20)31(16)28(36)24-22(37-8)14-23(38-9)25(32)26(24)39-31/h11-16H,10H2,1-9H3/t16-,31+/m1/s1. The fourth-order valence-electron chi connectivity index (χ4n) is 5.44. The molecule has 0 saturated heterocycles. The number of carbonyl (C=O) groups is 2. The smallest absolute Gasteiger partial charge is 0.220 e. The largest absolute Gasteiger partial charge is 0.496 e. The molecule has 1 aliphatic carbocycles. The number of ketones is 2. The number of Topliss-reactive ketones (excluding diaryl/α,β-unsaturated/α-hetero) is 2. The molecule has 1 aliphatic heterocycles. The summed E-state index contributed by atoms with van der Waals surface area (Å²) in [7, 11) is 2.96. The molecule has 39 heavy (non-hydrogen) atoms. The summed E-state index contributed by atoms with van der Waals surface area (Å²) >= 11 is 6.63. The average molecular weight is 551 g/mol. The molecule has 1 spiro atoms. The second-order valence-electron chi connectivity index (χ2n) is 12.6. The monoisotopic (exact) mass is 550 g/mol. The van der Waals surface area contributed by atoms with Crippen LogP contribution in [0.1, 0.15) is 92.4 Å². The molecule has 1 aromatic heterocycles. The summed E-state index contributed by atoms with van der Waals surface area (Å²) < 4.78 is 19.1. The zero-order chi connectivity index (χ0) is 28.7. The van der Waals surface area contributed by atoms with Crippen molar-refractivity contribution in [2.75, 3.05) is 14.2 Å². The first-order valence-corrected chi connectivity index (χ1v) is 13.5. The van der Waals surface area contributed by atoms with Gasteiger partial charge in [-0.3, -0.25) is 9.59 Å². The van der Waals surface area contributed by atoms with E-state index < -0.39 is 11.5 Å². The van der Waals surface area contributed by atoms with Crippen molar-refractivity contribution >= 4 is 23.2 Å². The number of methoxy groups -OCH3 is 2. The zero-order valence-corrected chi connectivity index (χ0v) is 24.7. The van der Waals surface area contributed by atoms with Crippen LogP contribution < -0.4 is 14.2 Å². The molecular formula is C31H35ClN2O5. The predicted molar refractivity (Wildman–Crippen MR) is 150 cm³/mol. The number of aromatic nitrogens is 2. The molecule has 0 fully saturated rings. The number of fused-ring (bicyclic) bond motifs is 3. The van der Waals surface area contributed by atoms with Crippen molar-refractivity contribution in [3.05, 3.63) is 63.4 Å². The number of benzene rings is 2. The van der Waals surface area contributed by atoms with Gasteiger partial charge in [0, 0.05) is 24.6 Å². The first-order chi connectivity index (χ1) is 18.1. The molecule has 0 N–H and O–H groups in total. The van der Waals surface area contributed by atoms with Gasteiger partial charge < -0.3 is 14.2 Å². The van der Waals surface area contributed by atoms with Gasteiger partial charge in [0.2, 0.25) is 11.4 Å². The predicted octanol–water partition coefficient (Wildman–Crippen LogP) is 6.83. The Balaban J connectivity index is 1.73. The van der Waals surface area contributed by atoms with Crippen LogP contribution in [0.2, 0.25) is 5.02 Å². The molecule has 206 valence electrons. The van der Waals surface area contributed by atoms with Gasteiger partial charge in [-0.05, 0) is 34.1 Å². The second-order valence-corrected chi connectivity index (χ2v) is 13.0. The Bertz CT molecular complexity index is 1490. The van der Waals surface area contributed by atoms with Crippen molar-refractivity contribution < 1.29 is 23.8 Å². The number of hydrogen-bond donors (Lipinski definition) is 0. The van der Waals surface area contributed by atoms with Crippen LogP contribution in [0.15, 0.2) is 30.5 Å². The Morgan fingerprint density at radius 2 is 1.56 bits per heavy atom. The minimum absolute atomic E-state index is 0.0830. The number of hydrogen-bond acceptors (Lipinski definition) is 6. The molecule has 0 saturated carbocycles. The molecule has 0 bridgehead atoms. The van der Waals surface area contributed by atoms with Crippen molar-refractivity contribution in [1.29, 1.82) is 0 Å². The van der Waals surface area contributed by atoms with E-state index in [1.165, 1.54) is 14.2 Å². The summed E-state index contributed by atoms with van der Waals surface area (Å²) in [5, 5.41) is 5.08. The highest BCUT2D eigenvalue weighted by Crippen LogP contribution is 2.56. The SMILES string of the molecule is COc1cc(OC)c2c(c1Cl)O[C@]1(C2=O)c2nn(-c3cc(C(C)(C)C)cc(C(C)(C)C)c3)cc2C(=O)C[C@H]1C. The normalized spacial score (nSPS) is 20.6. The Morgan fingerprint density at radius 3 is 2.10 bits per heavy atom. The minimum atomic E-state index is -1.52. The maximum absolute atomic E-state index is 14.2. The van der Waals surface area contributed by atoms with Crippen molar-refractivity contribution in [2.24, 2.45) is 5.92 Å². The molecule has 3 aromatic rings. The van der Waals surface area contributed by atoms with Crippen LogP contribution in [0, 0.1) is 5.92 Å². The maximum Gasteiger partial charge on any atom is 0.220 e. The van der Waals surface area contributed by atoms with E-state index in [-0.39, 0.29) is 45.2 Å². The van der Waals surface area contributed by atoms with Gasteiger partial charge in [0.15, 0.2) is 11.5 Å². The third-order valence-corrected chi connectivity index (χ3v) is 8.24. The zero-order valence-electron chi connectivity index (χ0n) is 24.0. The summed E-state index contributed by atoms with van der Waals surface area (Å²) in [6.07, 6.45) is 1.85. The molecule has 0 unspecified atom stereocenters. The van der Waals surface area contributed by atoms with Gasteiger partial charge in [-0.15, -0.1) is 0 Å². The summed E-state index contributed by atoms with van der Waals surface area (Å²) in [5.41, 5.74) is 2.29. The number of ether oxygens (including phenoxy) is 3. The van der Waals surface area contributed by atoms with E-state index in [0.717, 1.165) is 16.8 Å². The maximum atomic E-state index is 14.2. The molecule has 7 nitrogen and oxygen atoms in total. The first kappa shape index (κ1) is 27.3. The van der Waals surface area contributed by atoms with Gasteiger partial charge in [-0.1, -0.05) is 66.1 Å². The lowest BCUT2D eigenvalue weighted by atomic mass is 9.72. The summed E-state index contributed by atoms with van der Waals surface area (Å²) in [5.74, 6) is -0.0884. The lowest BCUT2D eigenvalue weighted by Gasteiger charge is -2.35. The van der Waals surface area contributed by atoms with Crippen molar-refractivity contribution in [3.8, 4) is 22.9 Å². The number of nitrogens with zero attached hydrogens (tertiary/aromatic N) is 2. The van der Waals surface area contributed by atoms with E-state index in [9.17, 15) is 9.59 Å². The molecule has 5 rings (SSSR count). The van der Waals surface area contributed by atoms with Crippen molar-refractivity contribution in [3.63, 3.8) is 0 Å². The van der Waals surface area contributed by atoms with E-state index in [1.54, 1.807) is 16.9 Å². The molecule has 0 amide bonds. The lowest BCUT2D eigenvalue weighted by Crippen LogP contribution is -2.48. The van der Waals surface area contributed by atoms with E-state index in [1.807, 2.05) is 6.92 Å². The fourth-order valence-corrected chi connectivity index (χ4v) is 5.71. The van der Waals surface area contributed by atoms with Crippen LogP contribution in [0.3, 0.4) is 0 Å². The van der Waals surface area contributed by atoms with Crippen LogP contribution in [0.25, 0.3) is 5.69 Å². The quantitative estimate of drug-likeness (QED) is 0.355. The summed E-state index contributed by atoms with van der Waals surface area (Å²) in [6, 6.07) is 7.98. The van der Waals surface area contributed by atoms with E-state index in [0.29, 0.717) is 22.8 Å². The number of carbonyl (C=O) groups excluding carboxylic acids is 2. The highest BCUT2D eigenvalue weighted by Gasteiger charge is 2.61. The Labute approximate surface area is 234 Å². The molecule has 0 radical (unpaired) electrons. The van der Waals surface area contributed by atoms with Crippen LogP contribution in [-0.4, -0.2) is 35.6 Å². The van der Waals surface area contributed by atoms with E-state index in [2.05, 4.69) is 59.7 Å². The molecule has 2 atom stereocenters. The topological polar surface area (TPSA) is 79.7 Å². The second kappa shape index (κ2) is 8.85. The van der Waals surface area contributed by atoms with Crippen molar-refractivity contribution in [2.45, 2.75) is 71.3 Å². The third-order valence-electron chi connectivity index (χ3n) is 7.88. The highest BCUT2D eigenvalue weighted by molar-refractivity contribution is 6.35. The van der Waals surface area contributed by atoms with Gasteiger partial charge in [-0.25, -0.2) is 4.68 Å². The summed E-state index contributed by atoms with van der Waals surface area (Å²) in [4.78, 5) is 27.5. The van der Waals surface area contributed by atoms with E-state index in [4.69, 9.17) is 30.9 Å². The average Bonchev–Trinajstić information content (AvgIpc) is 3.44. The van der Waals surface area contributed by atoms with E-state index >= 15 is 0 Å². The molecular weight excluding hydrogens is 516 g/mol. The number of rotatable bonds is 3. The highest BCUT2D eigenvalue weighted by atomic mass is 35.5. The van der Waals surface area contributed by atoms with Crippen LogP contribution in [0.5, 0.6) is 17.2 Å². The summed E-state index contributed by atoms with van der Waals surface area (Å²) in [6.45, 7) is 14.8. The first-order valence-electron chi connectivity index (χ1n) is 13.1. The van der Waals surface area contributed by atoms with Gasteiger partial charge in [0.1, 0.15) is 27.8 Å². The fraction of sp³-hybridized carbons (Fsp3) is 0.452. The van der Waals surface area contributed by atoms with Crippen molar-refractivity contribution in [1.82, 2.24) is 9.78 Å². The molecule has 8 heteroatoms. The Hall–Kier alpha value is -3.32. The third kappa shape index (κ3) is 4.05. The van der Waals surface area contributed by atoms with Crippen LogP contribution in [0.4, 0.5) is 0 Å². The van der Waals surface area contributed by atoms with Gasteiger partial charge in [0.25, 0.3) is 0 Å². The minimum Gasteiger partial charge on any atom is -0.496 e. The molecule has 2 heterocycles. The lowest BCUT2D eigenvalue weighted by molar-refractivity contribution is 0.0194. The van der Waals surface area contributed by atoms with Gasteiger partial charge >= 0.3 is 0 Å². The molecule has 2 aliphatic rings. The molecule has 2 aromatic carbocycles. The van der Waals surface area contributed by atoms with Crippen LogP contribution in [-0.2, 0) is 16.4 Å². The van der Waals surface area contributed by atoms with Crippen LogP contribution >= 0.6 is 11.6 Å². The number of halogens is 1. The van der Waals surface area contributed by atoms with Gasteiger partial charge in [-0.2, -0.15) is 5.10 Å². The Kier molecular flexibility index (Phi) is 6.18. The Morgan fingerprint density at radius 1 is 0.974 bits per heavy atom. The van der Waals surface area contributed by atoms with Gasteiger partial charge in [0.05, 0.1) is 25.5 Å².